The smallest absolute Gasteiger partial charge is 0.202 e. The predicted molar refractivity (Wildman–Crippen MR) is 73.9 cm³/mol. The van der Waals surface area contributed by atoms with Crippen LogP contribution in [0.4, 0.5) is 5.13 Å². The maximum absolute atomic E-state index is 6.03. The van der Waals surface area contributed by atoms with E-state index in [1.165, 1.54) is 37.2 Å². The van der Waals surface area contributed by atoms with E-state index >= 15 is 0 Å². The highest BCUT2D eigenvalue weighted by molar-refractivity contribution is 7.09. The van der Waals surface area contributed by atoms with Crippen LogP contribution in [0.2, 0.25) is 0 Å². The van der Waals surface area contributed by atoms with Crippen LogP contribution in [-0.2, 0) is 6.42 Å². The van der Waals surface area contributed by atoms with E-state index in [1.807, 2.05) is 0 Å². The highest BCUT2D eigenvalue weighted by Gasteiger charge is 2.24. The van der Waals surface area contributed by atoms with Crippen LogP contribution >= 0.6 is 23.1 Å². The summed E-state index contributed by atoms with van der Waals surface area (Å²) in [6.07, 6.45) is 6.17. The third kappa shape index (κ3) is 3.55. The van der Waals surface area contributed by atoms with Gasteiger partial charge in [-0.1, -0.05) is 19.8 Å². The van der Waals surface area contributed by atoms with Gasteiger partial charge in [-0.2, -0.15) is 4.37 Å². The molecule has 1 aromatic heterocycles. The second-order valence-electron chi connectivity index (χ2n) is 4.71. The van der Waals surface area contributed by atoms with Crippen molar-refractivity contribution in [3.8, 4) is 0 Å². The zero-order valence-corrected chi connectivity index (χ0v) is 11.9. The van der Waals surface area contributed by atoms with Gasteiger partial charge in [-0.3, -0.25) is 0 Å². The summed E-state index contributed by atoms with van der Waals surface area (Å²) in [5.41, 5.74) is 0. The minimum absolute atomic E-state index is 0.677. The summed E-state index contributed by atoms with van der Waals surface area (Å²) in [6, 6.07) is 0. The average molecular weight is 274 g/mol. The lowest BCUT2D eigenvalue weighted by Crippen LogP contribution is -2.27. The first-order valence-electron chi connectivity index (χ1n) is 6.46. The Labute approximate surface area is 112 Å². The van der Waals surface area contributed by atoms with Crippen molar-refractivity contribution in [2.75, 3.05) is 17.7 Å². The Morgan fingerprint density at radius 1 is 1.35 bits per heavy atom. The van der Waals surface area contributed by atoms with Crippen LogP contribution in [0.3, 0.4) is 0 Å². The SMILES string of the molecule is CCc1nsc(NCC2CCCCC2CCl)n1. The van der Waals surface area contributed by atoms with Crippen molar-refractivity contribution >= 4 is 28.3 Å². The zero-order valence-electron chi connectivity index (χ0n) is 10.3. The molecule has 0 radical (unpaired) electrons. The van der Waals surface area contributed by atoms with Crippen molar-refractivity contribution < 1.29 is 0 Å². The van der Waals surface area contributed by atoms with Crippen molar-refractivity contribution in [3.63, 3.8) is 0 Å². The van der Waals surface area contributed by atoms with E-state index in [9.17, 15) is 0 Å². The molecule has 1 fully saturated rings. The lowest BCUT2D eigenvalue weighted by molar-refractivity contribution is 0.272. The number of anilines is 1. The molecule has 5 heteroatoms. The molecule has 0 bridgehead atoms. The Hall–Kier alpha value is -0.350. The summed E-state index contributed by atoms with van der Waals surface area (Å²) in [5.74, 6) is 3.12. The largest absolute Gasteiger partial charge is 0.360 e. The molecule has 1 aliphatic carbocycles. The monoisotopic (exact) mass is 273 g/mol. The molecule has 2 rings (SSSR count). The Balaban J connectivity index is 1.83. The van der Waals surface area contributed by atoms with Crippen molar-refractivity contribution in [2.24, 2.45) is 11.8 Å². The number of rotatable bonds is 5. The average Bonchev–Trinajstić information content (AvgIpc) is 2.84. The highest BCUT2D eigenvalue weighted by atomic mass is 35.5. The standard InChI is InChI=1S/C12H20ClN3S/c1-2-11-15-12(17-16-11)14-8-10-6-4-3-5-9(10)7-13/h9-10H,2-8H2,1H3,(H,14,15,16). The lowest BCUT2D eigenvalue weighted by atomic mass is 9.80. The molecule has 1 N–H and O–H groups in total. The van der Waals surface area contributed by atoms with Crippen molar-refractivity contribution in [1.82, 2.24) is 9.36 Å². The summed E-state index contributed by atoms with van der Waals surface area (Å²) in [7, 11) is 0. The van der Waals surface area contributed by atoms with Gasteiger partial charge in [-0.15, -0.1) is 11.6 Å². The number of alkyl halides is 1. The molecule has 0 aliphatic heterocycles. The Bertz CT molecular complexity index is 342. The van der Waals surface area contributed by atoms with Crippen LogP contribution in [0.15, 0.2) is 0 Å². The first-order valence-corrected chi connectivity index (χ1v) is 7.76. The number of aryl methyl sites for hydroxylation is 1. The molecule has 1 aromatic rings. The van der Waals surface area contributed by atoms with Crippen LogP contribution in [0.5, 0.6) is 0 Å². The van der Waals surface area contributed by atoms with E-state index < -0.39 is 0 Å². The molecule has 1 heterocycles. The summed E-state index contributed by atoms with van der Waals surface area (Å²) in [4.78, 5) is 4.43. The van der Waals surface area contributed by atoms with E-state index in [-0.39, 0.29) is 0 Å². The van der Waals surface area contributed by atoms with Gasteiger partial charge in [0.25, 0.3) is 0 Å². The Morgan fingerprint density at radius 3 is 2.76 bits per heavy atom. The van der Waals surface area contributed by atoms with Crippen LogP contribution in [0, 0.1) is 11.8 Å². The molecule has 2 unspecified atom stereocenters. The van der Waals surface area contributed by atoms with E-state index in [0.29, 0.717) is 11.8 Å². The fraction of sp³-hybridized carbons (Fsp3) is 0.833. The van der Waals surface area contributed by atoms with Crippen LogP contribution in [0.1, 0.15) is 38.4 Å². The summed E-state index contributed by atoms with van der Waals surface area (Å²) < 4.78 is 4.28. The Morgan fingerprint density at radius 2 is 2.12 bits per heavy atom. The van der Waals surface area contributed by atoms with Gasteiger partial charge in [-0.05, 0) is 24.7 Å². The predicted octanol–water partition coefficient (Wildman–Crippen LogP) is 3.56. The molecule has 17 heavy (non-hydrogen) atoms. The van der Waals surface area contributed by atoms with Gasteiger partial charge >= 0.3 is 0 Å². The number of nitrogens with one attached hydrogen (secondary N) is 1. The maximum atomic E-state index is 6.03. The van der Waals surface area contributed by atoms with Crippen molar-refractivity contribution in [1.29, 1.82) is 0 Å². The first-order chi connectivity index (χ1) is 8.33. The topological polar surface area (TPSA) is 37.8 Å². The number of hydrogen-bond acceptors (Lipinski definition) is 4. The van der Waals surface area contributed by atoms with Gasteiger partial charge in [0.1, 0.15) is 5.82 Å². The molecule has 0 spiro atoms. The quantitative estimate of drug-likeness (QED) is 0.834. The molecule has 0 saturated heterocycles. The number of aromatic nitrogens is 2. The first kappa shape index (κ1) is 13.1. The van der Waals surface area contributed by atoms with Gasteiger partial charge in [0, 0.05) is 30.4 Å². The second-order valence-corrected chi connectivity index (χ2v) is 5.77. The van der Waals surface area contributed by atoms with E-state index in [1.54, 1.807) is 0 Å². The van der Waals surface area contributed by atoms with E-state index in [0.717, 1.165) is 29.8 Å². The molecule has 0 amide bonds. The molecule has 96 valence electrons. The van der Waals surface area contributed by atoms with Gasteiger partial charge < -0.3 is 5.32 Å². The fourth-order valence-corrected chi connectivity index (χ4v) is 3.51. The molecule has 2 atom stereocenters. The highest BCUT2D eigenvalue weighted by Crippen LogP contribution is 2.31. The Kier molecular flexibility index (Phi) is 5.04. The number of hydrogen-bond donors (Lipinski definition) is 1. The van der Waals surface area contributed by atoms with Crippen molar-refractivity contribution in [3.05, 3.63) is 5.82 Å². The van der Waals surface area contributed by atoms with Gasteiger partial charge in [0.2, 0.25) is 5.13 Å². The normalized spacial score (nSPS) is 24.8. The number of nitrogens with zero attached hydrogens (tertiary/aromatic N) is 2. The molecule has 0 aromatic carbocycles. The van der Waals surface area contributed by atoms with Crippen LogP contribution in [0.25, 0.3) is 0 Å². The minimum atomic E-state index is 0.677. The van der Waals surface area contributed by atoms with Gasteiger partial charge in [-0.25, -0.2) is 4.98 Å². The summed E-state index contributed by atoms with van der Waals surface area (Å²) in [5, 5.41) is 4.38. The second kappa shape index (κ2) is 6.55. The molecular formula is C12H20ClN3S. The number of halogens is 1. The molecule has 1 saturated carbocycles. The summed E-state index contributed by atoms with van der Waals surface area (Å²) in [6.45, 7) is 3.08. The van der Waals surface area contributed by atoms with Gasteiger partial charge in [0.15, 0.2) is 0 Å². The zero-order chi connectivity index (χ0) is 12.1. The third-order valence-electron chi connectivity index (χ3n) is 3.56. The van der Waals surface area contributed by atoms with Crippen LogP contribution < -0.4 is 5.32 Å². The molecular weight excluding hydrogens is 254 g/mol. The summed E-state index contributed by atoms with van der Waals surface area (Å²) >= 11 is 7.50. The van der Waals surface area contributed by atoms with Gasteiger partial charge in [0.05, 0.1) is 0 Å². The van der Waals surface area contributed by atoms with Crippen LogP contribution in [-0.4, -0.2) is 21.8 Å². The fourth-order valence-electron chi connectivity index (χ4n) is 2.44. The van der Waals surface area contributed by atoms with E-state index in [4.69, 9.17) is 11.6 Å². The third-order valence-corrected chi connectivity index (χ3v) is 4.67. The van der Waals surface area contributed by atoms with Crippen molar-refractivity contribution in [2.45, 2.75) is 39.0 Å². The van der Waals surface area contributed by atoms with E-state index in [2.05, 4.69) is 21.6 Å². The minimum Gasteiger partial charge on any atom is -0.360 e. The molecule has 3 nitrogen and oxygen atoms in total. The maximum Gasteiger partial charge on any atom is 0.202 e. The molecule has 1 aliphatic rings. The lowest BCUT2D eigenvalue weighted by Gasteiger charge is -2.30.